The molecule has 0 amide bonds. The van der Waals surface area contributed by atoms with Crippen molar-refractivity contribution >= 4 is 0 Å². The Hall–Kier alpha value is -0.120. The number of piperidine rings is 1. The van der Waals surface area contributed by atoms with Gasteiger partial charge in [0.25, 0.3) is 0 Å². The summed E-state index contributed by atoms with van der Waals surface area (Å²) in [6, 6.07) is 0.749. The minimum atomic E-state index is 0.342. The standard InChI is InChI=1S/C12H26N2O/c1-2-7-13-12-5-9-14(10-6-12)8-3-4-11-15/h12-13,15H,2-11H2,1H3. The summed E-state index contributed by atoms with van der Waals surface area (Å²) in [5.74, 6) is 0. The molecule has 0 aliphatic carbocycles. The van der Waals surface area contributed by atoms with Crippen molar-refractivity contribution in [3.8, 4) is 0 Å². The van der Waals surface area contributed by atoms with E-state index in [0.29, 0.717) is 6.61 Å². The van der Waals surface area contributed by atoms with Crippen LogP contribution in [-0.2, 0) is 0 Å². The lowest BCUT2D eigenvalue weighted by molar-refractivity contribution is 0.188. The highest BCUT2D eigenvalue weighted by Gasteiger charge is 2.17. The number of likely N-dealkylation sites (tertiary alicyclic amines) is 1. The van der Waals surface area contributed by atoms with E-state index in [-0.39, 0.29) is 0 Å². The Kier molecular flexibility index (Phi) is 6.98. The van der Waals surface area contributed by atoms with Crippen molar-refractivity contribution in [2.45, 2.75) is 45.1 Å². The molecule has 15 heavy (non-hydrogen) atoms. The minimum absolute atomic E-state index is 0.342. The molecule has 1 aliphatic heterocycles. The molecule has 3 nitrogen and oxygen atoms in total. The molecule has 2 N–H and O–H groups in total. The average Bonchev–Trinajstić information content (AvgIpc) is 2.28. The summed E-state index contributed by atoms with van der Waals surface area (Å²) in [6.07, 6.45) is 5.91. The number of unbranched alkanes of at least 4 members (excludes halogenated alkanes) is 1. The van der Waals surface area contributed by atoms with Gasteiger partial charge >= 0.3 is 0 Å². The molecule has 1 fully saturated rings. The van der Waals surface area contributed by atoms with Crippen molar-refractivity contribution in [2.75, 3.05) is 32.8 Å². The van der Waals surface area contributed by atoms with Gasteiger partial charge in [-0.25, -0.2) is 0 Å². The highest BCUT2D eigenvalue weighted by molar-refractivity contribution is 4.76. The lowest BCUT2D eigenvalue weighted by atomic mass is 10.0. The topological polar surface area (TPSA) is 35.5 Å². The second kappa shape index (κ2) is 8.08. The second-order valence-electron chi connectivity index (χ2n) is 4.50. The summed E-state index contributed by atoms with van der Waals surface area (Å²) in [5, 5.41) is 12.3. The van der Waals surface area contributed by atoms with Crippen molar-refractivity contribution < 1.29 is 5.11 Å². The fraction of sp³-hybridized carbons (Fsp3) is 1.00. The maximum absolute atomic E-state index is 8.71. The van der Waals surface area contributed by atoms with E-state index in [0.717, 1.165) is 25.4 Å². The number of aliphatic hydroxyl groups is 1. The van der Waals surface area contributed by atoms with Crippen molar-refractivity contribution in [3.63, 3.8) is 0 Å². The zero-order valence-corrected chi connectivity index (χ0v) is 10.0. The molecule has 0 aromatic carbocycles. The zero-order chi connectivity index (χ0) is 10.9. The van der Waals surface area contributed by atoms with E-state index in [4.69, 9.17) is 5.11 Å². The smallest absolute Gasteiger partial charge is 0.0431 e. The largest absolute Gasteiger partial charge is 0.396 e. The maximum Gasteiger partial charge on any atom is 0.0431 e. The van der Waals surface area contributed by atoms with Crippen LogP contribution in [0.2, 0.25) is 0 Å². The number of nitrogens with one attached hydrogen (secondary N) is 1. The SMILES string of the molecule is CCCNC1CCN(CCCCO)CC1. The Balaban J connectivity index is 2.02. The van der Waals surface area contributed by atoms with Crippen LogP contribution in [0.15, 0.2) is 0 Å². The fourth-order valence-corrected chi connectivity index (χ4v) is 2.16. The summed E-state index contributed by atoms with van der Waals surface area (Å²) in [6.45, 7) is 7.35. The highest BCUT2D eigenvalue weighted by Crippen LogP contribution is 2.10. The van der Waals surface area contributed by atoms with Gasteiger partial charge in [0.2, 0.25) is 0 Å². The van der Waals surface area contributed by atoms with E-state index in [2.05, 4.69) is 17.1 Å². The number of aliphatic hydroxyl groups excluding tert-OH is 1. The first-order valence-electron chi connectivity index (χ1n) is 6.43. The first-order valence-corrected chi connectivity index (χ1v) is 6.43. The predicted octanol–water partition coefficient (Wildman–Crippen LogP) is 1.22. The third-order valence-electron chi connectivity index (χ3n) is 3.15. The van der Waals surface area contributed by atoms with Gasteiger partial charge in [0, 0.05) is 12.6 Å². The van der Waals surface area contributed by atoms with Crippen LogP contribution in [0, 0.1) is 0 Å². The molecule has 0 bridgehead atoms. The molecule has 1 saturated heterocycles. The Morgan fingerprint density at radius 2 is 2.00 bits per heavy atom. The van der Waals surface area contributed by atoms with Crippen LogP contribution in [0.1, 0.15) is 39.0 Å². The van der Waals surface area contributed by atoms with Crippen LogP contribution in [0.4, 0.5) is 0 Å². The molecule has 0 radical (unpaired) electrons. The molecular formula is C12H26N2O. The Morgan fingerprint density at radius 3 is 2.60 bits per heavy atom. The van der Waals surface area contributed by atoms with Crippen molar-refractivity contribution in [1.82, 2.24) is 10.2 Å². The molecule has 0 unspecified atom stereocenters. The molecule has 0 aromatic rings. The lowest BCUT2D eigenvalue weighted by Gasteiger charge is -2.32. The fourth-order valence-electron chi connectivity index (χ4n) is 2.16. The Morgan fingerprint density at radius 1 is 1.27 bits per heavy atom. The van der Waals surface area contributed by atoms with Crippen LogP contribution < -0.4 is 5.32 Å². The summed E-state index contributed by atoms with van der Waals surface area (Å²) < 4.78 is 0. The Labute approximate surface area is 93.9 Å². The van der Waals surface area contributed by atoms with E-state index < -0.39 is 0 Å². The van der Waals surface area contributed by atoms with Gasteiger partial charge in [-0.15, -0.1) is 0 Å². The molecular weight excluding hydrogens is 188 g/mol. The molecule has 90 valence electrons. The molecule has 1 rings (SSSR count). The van der Waals surface area contributed by atoms with Crippen molar-refractivity contribution in [2.24, 2.45) is 0 Å². The van der Waals surface area contributed by atoms with Gasteiger partial charge < -0.3 is 15.3 Å². The minimum Gasteiger partial charge on any atom is -0.396 e. The van der Waals surface area contributed by atoms with Gasteiger partial charge in [-0.2, -0.15) is 0 Å². The Bertz CT molecular complexity index is 145. The molecule has 1 aliphatic rings. The van der Waals surface area contributed by atoms with Gasteiger partial charge in [-0.1, -0.05) is 6.92 Å². The predicted molar refractivity (Wildman–Crippen MR) is 64.1 cm³/mol. The number of rotatable bonds is 7. The van der Waals surface area contributed by atoms with E-state index in [9.17, 15) is 0 Å². The summed E-state index contributed by atoms with van der Waals surface area (Å²) in [5.41, 5.74) is 0. The van der Waals surface area contributed by atoms with Gasteiger partial charge in [-0.3, -0.25) is 0 Å². The van der Waals surface area contributed by atoms with Gasteiger partial charge in [-0.05, 0) is 58.3 Å². The quantitative estimate of drug-likeness (QED) is 0.626. The van der Waals surface area contributed by atoms with E-state index in [1.807, 2.05) is 0 Å². The van der Waals surface area contributed by atoms with Crippen molar-refractivity contribution in [1.29, 1.82) is 0 Å². The van der Waals surface area contributed by atoms with Crippen LogP contribution in [-0.4, -0.2) is 48.8 Å². The summed E-state index contributed by atoms with van der Waals surface area (Å²) in [4.78, 5) is 2.53. The second-order valence-corrected chi connectivity index (χ2v) is 4.50. The highest BCUT2D eigenvalue weighted by atomic mass is 16.2. The normalized spacial score (nSPS) is 19.6. The summed E-state index contributed by atoms with van der Waals surface area (Å²) in [7, 11) is 0. The maximum atomic E-state index is 8.71. The monoisotopic (exact) mass is 214 g/mol. The number of hydrogen-bond donors (Lipinski definition) is 2. The summed E-state index contributed by atoms with van der Waals surface area (Å²) >= 11 is 0. The number of hydrogen-bond acceptors (Lipinski definition) is 3. The first-order chi connectivity index (χ1) is 7.36. The van der Waals surface area contributed by atoms with Crippen LogP contribution in [0.5, 0.6) is 0 Å². The van der Waals surface area contributed by atoms with E-state index in [1.54, 1.807) is 0 Å². The van der Waals surface area contributed by atoms with Gasteiger partial charge in [0.1, 0.15) is 0 Å². The van der Waals surface area contributed by atoms with Crippen molar-refractivity contribution in [3.05, 3.63) is 0 Å². The van der Waals surface area contributed by atoms with Gasteiger partial charge in [0.15, 0.2) is 0 Å². The van der Waals surface area contributed by atoms with E-state index >= 15 is 0 Å². The van der Waals surface area contributed by atoms with Crippen LogP contribution in [0.25, 0.3) is 0 Å². The van der Waals surface area contributed by atoms with Gasteiger partial charge in [0.05, 0.1) is 0 Å². The third-order valence-corrected chi connectivity index (χ3v) is 3.15. The van der Waals surface area contributed by atoms with E-state index in [1.165, 1.54) is 38.9 Å². The van der Waals surface area contributed by atoms with Crippen LogP contribution >= 0.6 is 0 Å². The van der Waals surface area contributed by atoms with Crippen LogP contribution in [0.3, 0.4) is 0 Å². The lowest BCUT2D eigenvalue weighted by Crippen LogP contribution is -2.42. The zero-order valence-electron chi connectivity index (χ0n) is 10.0. The molecule has 0 spiro atoms. The molecule has 1 heterocycles. The molecule has 0 saturated carbocycles. The molecule has 3 heteroatoms. The average molecular weight is 214 g/mol. The molecule has 0 aromatic heterocycles. The first kappa shape index (κ1) is 12.9. The molecule has 0 atom stereocenters. The number of nitrogens with zero attached hydrogens (tertiary/aromatic N) is 1. The third kappa shape index (κ3) is 5.50.